The molecule has 0 spiro atoms. The molecule has 2 aromatic rings. The number of nitrogens with zero attached hydrogens (tertiary/aromatic N) is 4. The Morgan fingerprint density at radius 3 is 2.46 bits per heavy atom. The second-order valence-electron chi connectivity index (χ2n) is 7.62. The number of benzene rings is 1. The lowest BCUT2D eigenvalue weighted by Crippen LogP contribution is -2.58. The van der Waals surface area contributed by atoms with E-state index in [1.807, 2.05) is 0 Å². The summed E-state index contributed by atoms with van der Waals surface area (Å²) in [4.78, 5) is 4.98. The molecule has 0 bridgehead atoms. The standard InChI is InChI=1S/C19H28N4O/c1-15(2)18-21-20-17(24-18)13-22-10-11-23(19(3,4)14-22)12-16-8-6-5-7-9-16/h5-9,15H,10-14H2,1-4H3. The predicted molar refractivity (Wildman–Crippen MR) is 94.6 cm³/mol. The van der Waals surface area contributed by atoms with E-state index >= 15 is 0 Å². The van der Waals surface area contributed by atoms with Gasteiger partial charge in [-0.15, -0.1) is 10.2 Å². The van der Waals surface area contributed by atoms with Gasteiger partial charge in [0.25, 0.3) is 0 Å². The van der Waals surface area contributed by atoms with E-state index in [-0.39, 0.29) is 11.5 Å². The highest BCUT2D eigenvalue weighted by molar-refractivity contribution is 5.15. The van der Waals surface area contributed by atoms with Crippen molar-refractivity contribution >= 4 is 0 Å². The summed E-state index contributed by atoms with van der Waals surface area (Å²) in [5.74, 6) is 1.74. The van der Waals surface area contributed by atoms with Gasteiger partial charge in [-0.05, 0) is 19.4 Å². The van der Waals surface area contributed by atoms with Gasteiger partial charge in [-0.3, -0.25) is 9.80 Å². The fourth-order valence-electron chi connectivity index (χ4n) is 3.28. The first-order valence-electron chi connectivity index (χ1n) is 8.77. The van der Waals surface area contributed by atoms with Gasteiger partial charge < -0.3 is 4.42 Å². The average molecular weight is 328 g/mol. The molecule has 2 heterocycles. The summed E-state index contributed by atoms with van der Waals surface area (Å²) in [6.45, 7) is 13.6. The zero-order chi connectivity index (χ0) is 17.2. The Labute approximate surface area is 144 Å². The summed E-state index contributed by atoms with van der Waals surface area (Å²) in [6.07, 6.45) is 0. The van der Waals surface area contributed by atoms with Gasteiger partial charge >= 0.3 is 0 Å². The topological polar surface area (TPSA) is 45.4 Å². The van der Waals surface area contributed by atoms with Crippen LogP contribution >= 0.6 is 0 Å². The first-order chi connectivity index (χ1) is 11.4. The Hall–Kier alpha value is -1.72. The first kappa shape index (κ1) is 17.1. The number of aromatic nitrogens is 2. The van der Waals surface area contributed by atoms with Crippen molar-refractivity contribution in [2.24, 2.45) is 0 Å². The number of hydrogen-bond donors (Lipinski definition) is 0. The highest BCUT2D eigenvalue weighted by Gasteiger charge is 2.34. The van der Waals surface area contributed by atoms with Gasteiger partial charge in [0.05, 0.1) is 6.54 Å². The molecule has 1 aliphatic rings. The molecule has 1 saturated heterocycles. The van der Waals surface area contributed by atoms with E-state index < -0.39 is 0 Å². The fourth-order valence-corrected chi connectivity index (χ4v) is 3.28. The van der Waals surface area contributed by atoms with Crippen LogP contribution in [0.3, 0.4) is 0 Å². The van der Waals surface area contributed by atoms with Crippen molar-refractivity contribution < 1.29 is 4.42 Å². The molecule has 0 N–H and O–H groups in total. The van der Waals surface area contributed by atoms with E-state index in [9.17, 15) is 0 Å². The van der Waals surface area contributed by atoms with Gasteiger partial charge in [-0.25, -0.2) is 0 Å². The van der Waals surface area contributed by atoms with Crippen LogP contribution in [0, 0.1) is 0 Å². The van der Waals surface area contributed by atoms with E-state index in [0.717, 1.165) is 44.5 Å². The molecule has 0 unspecified atom stereocenters. The third-order valence-corrected chi connectivity index (χ3v) is 4.70. The van der Waals surface area contributed by atoms with Crippen LogP contribution in [0.25, 0.3) is 0 Å². The summed E-state index contributed by atoms with van der Waals surface area (Å²) in [5.41, 5.74) is 1.49. The Balaban J connectivity index is 1.60. The zero-order valence-electron chi connectivity index (χ0n) is 15.2. The molecule has 5 nitrogen and oxygen atoms in total. The number of hydrogen-bond acceptors (Lipinski definition) is 5. The van der Waals surface area contributed by atoms with Crippen LogP contribution in [0.2, 0.25) is 0 Å². The molecule has 0 radical (unpaired) electrons. The molecular weight excluding hydrogens is 300 g/mol. The Morgan fingerprint density at radius 1 is 1.08 bits per heavy atom. The molecule has 1 aliphatic heterocycles. The van der Waals surface area contributed by atoms with Crippen LogP contribution in [0.4, 0.5) is 0 Å². The van der Waals surface area contributed by atoms with Crippen LogP contribution in [0.5, 0.6) is 0 Å². The fraction of sp³-hybridized carbons (Fsp3) is 0.579. The summed E-state index contributed by atoms with van der Waals surface area (Å²) in [6, 6.07) is 10.7. The smallest absolute Gasteiger partial charge is 0.230 e. The van der Waals surface area contributed by atoms with Crippen molar-refractivity contribution in [2.45, 2.75) is 52.2 Å². The quantitative estimate of drug-likeness (QED) is 0.843. The van der Waals surface area contributed by atoms with E-state index in [4.69, 9.17) is 4.42 Å². The SMILES string of the molecule is CC(C)c1nnc(CN2CCN(Cc3ccccc3)C(C)(C)C2)o1. The maximum atomic E-state index is 5.76. The van der Waals surface area contributed by atoms with Crippen molar-refractivity contribution in [3.63, 3.8) is 0 Å². The summed E-state index contributed by atoms with van der Waals surface area (Å²) in [5, 5.41) is 8.33. The molecule has 0 atom stereocenters. The van der Waals surface area contributed by atoms with Crippen LogP contribution in [-0.2, 0) is 13.1 Å². The minimum absolute atomic E-state index is 0.120. The molecule has 130 valence electrons. The maximum Gasteiger partial charge on any atom is 0.230 e. The van der Waals surface area contributed by atoms with Gasteiger partial charge in [0.2, 0.25) is 11.8 Å². The summed E-state index contributed by atoms with van der Waals surface area (Å²) in [7, 11) is 0. The third-order valence-electron chi connectivity index (χ3n) is 4.70. The van der Waals surface area contributed by atoms with Gasteiger partial charge in [0, 0.05) is 37.6 Å². The Kier molecular flexibility index (Phi) is 5.01. The van der Waals surface area contributed by atoms with E-state index in [2.05, 4.69) is 78.0 Å². The molecular formula is C19H28N4O. The van der Waals surface area contributed by atoms with Crippen LogP contribution in [0.15, 0.2) is 34.7 Å². The van der Waals surface area contributed by atoms with E-state index in [0.29, 0.717) is 0 Å². The van der Waals surface area contributed by atoms with Crippen LogP contribution < -0.4 is 0 Å². The molecule has 1 aromatic heterocycles. The first-order valence-corrected chi connectivity index (χ1v) is 8.77. The molecule has 1 fully saturated rings. The van der Waals surface area contributed by atoms with Gasteiger partial charge in [-0.2, -0.15) is 0 Å². The lowest BCUT2D eigenvalue weighted by Gasteiger charge is -2.47. The van der Waals surface area contributed by atoms with Crippen molar-refractivity contribution in [1.29, 1.82) is 0 Å². The maximum absolute atomic E-state index is 5.76. The highest BCUT2D eigenvalue weighted by Crippen LogP contribution is 2.24. The molecule has 3 rings (SSSR count). The predicted octanol–water partition coefficient (Wildman–Crippen LogP) is 3.29. The van der Waals surface area contributed by atoms with Gasteiger partial charge in [0.1, 0.15) is 0 Å². The average Bonchev–Trinajstić information content (AvgIpc) is 2.99. The summed E-state index contributed by atoms with van der Waals surface area (Å²) < 4.78 is 5.76. The van der Waals surface area contributed by atoms with Crippen molar-refractivity contribution in [3.8, 4) is 0 Å². The summed E-state index contributed by atoms with van der Waals surface area (Å²) >= 11 is 0. The molecule has 5 heteroatoms. The number of piperazine rings is 1. The number of rotatable bonds is 5. The monoisotopic (exact) mass is 328 g/mol. The normalized spacial score (nSPS) is 19.0. The second-order valence-corrected chi connectivity index (χ2v) is 7.62. The third kappa shape index (κ3) is 4.02. The van der Waals surface area contributed by atoms with Gasteiger partial charge in [-0.1, -0.05) is 44.2 Å². The van der Waals surface area contributed by atoms with Crippen molar-refractivity contribution in [1.82, 2.24) is 20.0 Å². The molecule has 1 aromatic carbocycles. The van der Waals surface area contributed by atoms with E-state index in [1.165, 1.54) is 5.56 Å². The van der Waals surface area contributed by atoms with Gasteiger partial charge in [0.15, 0.2) is 0 Å². The largest absolute Gasteiger partial charge is 0.424 e. The molecule has 0 aliphatic carbocycles. The second kappa shape index (κ2) is 7.03. The molecule has 24 heavy (non-hydrogen) atoms. The lowest BCUT2D eigenvalue weighted by atomic mass is 9.97. The van der Waals surface area contributed by atoms with Crippen LogP contribution in [0.1, 0.15) is 51.0 Å². The van der Waals surface area contributed by atoms with Crippen LogP contribution in [-0.4, -0.2) is 45.2 Å². The molecule has 0 saturated carbocycles. The van der Waals surface area contributed by atoms with Crippen molar-refractivity contribution in [2.75, 3.05) is 19.6 Å². The van der Waals surface area contributed by atoms with E-state index in [1.54, 1.807) is 0 Å². The zero-order valence-corrected chi connectivity index (χ0v) is 15.2. The Bertz CT molecular complexity index is 650. The Morgan fingerprint density at radius 2 is 1.83 bits per heavy atom. The minimum Gasteiger partial charge on any atom is -0.424 e. The van der Waals surface area contributed by atoms with Crippen molar-refractivity contribution in [3.05, 3.63) is 47.7 Å². The minimum atomic E-state index is 0.120. The molecule has 0 amide bonds. The highest BCUT2D eigenvalue weighted by atomic mass is 16.4. The lowest BCUT2D eigenvalue weighted by molar-refractivity contribution is 0.00701.